The summed E-state index contributed by atoms with van der Waals surface area (Å²) in [4.78, 5) is -0.345. The molecule has 3 nitrogen and oxygen atoms in total. The highest BCUT2D eigenvalue weighted by molar-refractivity contribution is 9.09. The van der Waals surface area contributed by atoms with E-state index in [1.54, 1.807) is 0 Å². The first kappa shape index (κ1) is 18.4. The molecular weight excluding hydrogens is 371 g/mol. The minimum absolute atomic E-state index is 0.121. The van der Waals surface area contributed by atoms with E-state index in [1.165, 1.54) is 6.07 Å². The van der Waals surface area contributed by atoms with E-state index in [2.05, 4.69) is 20.7 Å². The van der Waals surface area contributed by atoms with Crippen LogP contribution < -0.4 is 4.72 Å². The first-order valence-corrected chi connectivity index (χ1v) is 8.74. The van der Waals surface area contributed by atoms with Crippen molar-refractivity contribution in [3.05, 3.63) is 29.3 Å². The second-order valence-electron chi connectivity index (χ2n) is 5.55. The van der Waals surface area contributed by atoms with Gasteiger partial charge in [0, 0.05) is 11.9 Å². The molecule has 0 radical (unpaired) electrons. The second kappa shape index (κ2) is 6.26. The van der Waals surface area contributed by atoms with E-state index in [1.807, 2.05) is 13.8 Å². The van der Waals surface area contributed by atoms with Crippen LogP contribution in [0.25, 0.3) is 0 Å². The smallest absolute Gasteiger partial charge is 0.211 e. The van der Waals surface area contributed by atoms with Crippen LogP contribution in [0.5, 0.6) is 0 Å². The fourth-order valence-corrected chi connectivity index (χ4v) is 3.33. The van der Waals surface area contributed by atoms with Gasteiger partial charge in [0.05, 0.1) is 10.5 Å². The molecule has 0 aromatic heterocycles. The van der Waals surface area contributed by atoms with Crippen molar-refractivity contribution >= 4 is 26.0 Å². The van der Waals surface area contributed by atoms with Crippen LogP contribution in [-0.4, -0.2) is 20.3 Å². The molecule has 0 aliphatic rings. The molecule has 0 heterocycles. The van der Waals surface area contributed by atoms with Crippen LogP contribution in [0.15, 0.2) is 23.1 Å². The summed E-state index contributed by atoms with van der Waals surface area (Å²) < 4.78 is 65.2. The SMILES string of the molecule is Cc1c(C(F)(F)F)cccc1S(=O)(=O)NCC(C)(C)CBr. The van der Waals surface area contributed by atoms with Crippen LogP contribution in [0, 0.1) is 12.3 Å². The normalized spacial score (nSPS) is 13.5. The maximum absolute atomic E-state index is 12.8. The van der Waals surface area contributed by atoms with Crippen molar-refractivity contribution in [3.8, 4) is 0 Å². The van der Waals surface area contributed by atoms with E-state index < -0.39 is 21.8 Å². The third-order valence-corrected chi connectivity index (χ3v) is 6.05. The largest absolute Gasteiger partial charge is 0.416 e. The van der Waals surface area contributed by atoms with E-state index in [4.69, 9.17) is 0 Å². The quantitative estimate of drug-likeness (QED) is 0.782. The topological polar surface area (TPSA) is 46.2 Å². The average molecular weight is 388 g/mol. The zero-order chi connectivity index (χ0) is 16.5. The number of hydrogen-bond donors (Lipinski definition) is 1. The average Bonchev–Trinajstić information content (AvgIpc) is 2.35. The van der Waals surface area contributed by atoms with Crippen molar-refractivity contribution in [2.45, 2.75) is 31.8 Å². The summed E-state index contributed by atoms with van der Waals surface area (Å²) in [6.45, 7) is 4.95. The maximum atomic E-state index is 12.8. The Morgan fingerprint density at radius 2 is 1.81 bits per heavy atom. The molecule has 0 unspecified atom stereocenters. The molecule has 0 saturated heterocycles. The van der Waals surface area contributed by atoms with Gasteiger partial charge in [0.2, 0.25) is 10.0 Å². The molecule has 1 rings (SSSR count). The summed E-state index contributed by atoms with van der Waals surface area (Å²) >= 11 is 3.26. The van der Waals surface area contributed by atoms with Crippen molar-refractivity contribution in [2.75, 3.05) is 11.9 Å². The molecule has 21 heavy (non-hydrogen) atoms. The lowest BCUT2D eigenvalue weighted by atomic mass is 9.98. The molecule has 0 atom stereocenters. The minimum Gasteiger partial charge on any atom is -0.211 e. The minimum atomic E-state index is -4.58. The first-order chi connectivity index (χ1) is 9.41. The van der Waals surface area contributed by atoms with Crippen molar-refractivity contribution in [1.82, 2.24) is 4.72 Å². The number of alkyl halides is 4. The summed E-state index contributed by atoms with van der Waals surface area (Å²) in [5.41, 5.74) is -1.58. The van der Waals surface area contributed by atoms with Crippen LogP contribution >= 0.6 is 15.9 Å². The highest BCUT2D eigenvalue weighted by atomic mass is 79.9. The molecule has 0 amide bonds. The number of hydrogen-bond acceptors (Lipinski definition) is 2. The summed E-state index contributed by atoms with van der Waals surface area (Å²) in [5, 5.41) is 0.560. The van der Waals surface area contributed by atoms with Gasteiger partial charge in [-0.2, -0.15) is 13.2 Å². The highest BCUT2D eigenvalue weighted by Gasteiger charge is 2.34. The van der Waals surface area contributed by atoms with E-state index in [-0.39, 0.29) is 22.4 Å². The van der Waals surface area contributed by atoms with Crippen molar-refractivity contribution in [1.29, 1.82) is 0 Å². The van der Waals surface area contributed by atoms with Gasteiger partial charge in [-0.3, -0.25) is 0 Å². The fourth-order valence-electron chi connectivity index (χ4n) is 1.63. The zero-order valence-corrected chi connectivity index (χ0v) is 14.3. The summed E-state index contributed by atoms with van der Waals surface area (Å²) in [5.74, 6) is 0. The lowest BCUT2D eigenvalue weighted by Crippen LogP contribution is -2.35. The molecule has 0 bridgehead atoms. The van der Waals surface area contributed by atoms with E-state index >= 15 is 0 Å². The van der Waals surface area contributed by atoms with Crippen LogP contribution in [-0.2, 0) is 16.2 Å². The van der Waals surface area contributed by atoms with E-state index in [0.29, 0.717) is 5.33 Å². The molecule has 0 fully saturated rings. The molecule has 8 heteroatoms. The third-order valence-electron chi connectivity index (χ3n) is 2.98. The number of halogens is 4. The van der Waals surface area contributed by atoms with Crippen molar-refractivity contribution in [3.63, 3.8) is 0 Å². The molecule has 120 valence electrons. The van der Waals surface area contributed by atoms with Crippen LogP contribution in [0.2, 0.25) is 0 Å². The number of sulfonamides is 1. The summed E-state index contributed by atoms with van der Waals surface area (Å²) in [6, 6.07) is 3.14. The zero-order valence-electron chi connectivity index (χ0n) is 11.9. The summed E-state index contributed by atoms with van der Waals surface area (Å²) in [6.07, 6.45) is -4.58. The Balaban J connectivity index is 3.16. The molecular formula is C13H17BrF3NO2S. The predicted molar refractivity (Wildman–Crippen MR) is 78.9 cm³/mol. The third kappa shape index (κ3) is 4.69. The number of benzene rings is 1. The van der Waals surface area contributed by atoms with Gasteiger partial charge in [0.1, 0.15) is 0 Å². The Morgan fingerprint density at radius 3 is 2.29 bits per heavy atom. The van der Waals surface area contributed by atoms with Gasteiger partial charge in [-0.05, 0) is 30.0 Å². The van der Waals surface area contributed by atoms with Gasteiger partial charge < -0.3 is 0 Å². The van der Waals surface area contributed by atoms with Crippen LogP contribution in [0.1, 0.15) is 25.0 Å². The van der Waals surface area contributed by atoms with Gasteiger partial charge in [0.15, 0.2) is 0 Å². The van der Waals surface area contributed by atoms with Gasteiger partial charge in [0.25, 0.3) is 0 Å². The maximum Gasteiger partial charge on any atom is 0.416 e. The van der Waals surface area contributed by atoms with E-state index in [9.17, 15) is 21.6 Å². The van der Waals surface area contributed by atoms with E-state index in [0.717, 1.165) is 19.1 Å². The molecule has 1 N–H and O–H groups in total. The molecule has 1 aromatic rings. The highest BCUT2D eigenvalue weighted by Crippen LogP contribution is 2.34. The lowest BCUT2D eigenvalue weighted by Gasteiger charge is -2.22. The molecule has 0 spiro atoms. The second-order valence-corrected chi connectivity index (χ2v) is 7.84. The molecule has 0 saturated carbocycles. The Hall–Kier alpha value is -0.600. The molecule has 0 aliphatic heterocycles. The van der Waals surface area contributed by atoms with Gasteiger partial charge in [-0.15, -0.1) is 0 Å². The Morgan fingerprint density at radius 1 is 1.24 bits per heavy atom. The monoisotopic (exact) mass is 387 g/mol. The Bertz CT molecular complexity index is 612. The predicted octanol–water partition coefficient (Wildman–Crippen LogP) is 3.71. The first-order valence-electron chi connectivity index (χ1n) is 6.13. The van der Waals surface area contributed by atoms with Crippen molar-refractivity contribution in [2.24, 2.45) is 5.41 Å². The molecule has 1 aromatic carbocycles. The lowest BCUT2D eigenvalue weighted by molar-refractivity contribution is -0.138. The van der Waals surface area contributed by atoms with Gasteiger partial charge in [-0.25, -0.2) is 13.1 Å². The Kier molecular flexibility index (Phi) is 5.50. The Labute approximate surface area is 131 Å². The van der Waals surface area contributed by atoms with Crippen LogP contribution in [0.4, 0.5) is 13.2 Å². The van der Waals surface area contributed by atoms with Gasteiger partial charge >= 0.3 is 6.18 Å². The van der Waals surface area contributed by atoms with Crippen LogP contribution in [0.3, 0.4) is 0 Å². The fraction of sp³-hybridized carbons (Fsp3) is 0.538. The molecule has 0 aliphatic carbocycles. The van der Waals surface area contributed by atoms with Crippen molar-refractivity contribution < 1.29 is 21.6 Å². The summed E-state index contributed by atoms with van der Waals surface area (Å²) in [7, 11) is -3.99. The number of rotatable bonds is 5. The standard InChI is InChI=1S/C13H17BrF3NO2S/c1-9-10(13(15,16)17)5-4-6-11(9)21(19,20)18-8-12(2,3)7-14/h4-6,18H,7-8H2,1-3H3. The van der Waals surface area contributed by atoms with Gasteiger partial charge in [-0.1, -0.05) is 35.8 Å². The number of nitrogens with one attached hydrogen (secondary N) is 1.